The Morgan fingerprint density at radius 1 is 1.28 bits per heavy atom. The summed E-state index contributed by atoms with van der Waals surface area (Å²) < 4.78 is 0. The number of aryl methyl sites for hydroxylation is 1. The Labute approximate surface area is 110 Å². The molecule has 4 nitrogen and oxygen atoms in total. The van der Waals surface area contributed by atoms with Crippen LogP contribution >= 0.6 is 11.6 Å². The summed E-state index contributed by atoms with van der Waals surface area (Å²) in [7, 11) is 0. The molecule has 0 fully saturated rings. The van der Waals surface area contributed by atoms with Gasteiger partial charge in [0.1, 0.15) is 16.8 Å². The molecule has 1 aromatic carbocycles. The van der Waals surface area contributed by atoms with Crippen molar-refractivity contribution in [2.24, 2.45) is 0 Å². The summed E-state index contributed by atoms with van der Waals surface area (Å²) in [6.45, 7) is 3.63. The third kappa shape index (κ3) is 2.58. The lowest BCUT2D eigenvalue weighted by Crippen LogP contribution is -2.01. The normalized spacial score (nSPS) is 9.89. The van der Waals surface area contributed by atoms with Gasteiger partial charge < -0.3 is 5.32 Å². The molecule has 0 atom stereocenters. The van der Waals surface area contributed by atoms with Crippen molar-refractivity contribution in [1.29, 1.82) is 5.26 Å². The minimum absolute atomic E-state index is 0.432. The molecule has 0 aliphatic rings. The second kappa shape index (κ2) is 5.03. The maximum absolute atomic E-state index is 8.85. The summed E-state index contributed by atoms with van der Waals surface area (Å²) in [5, 5.41) is 12.4. The lowest BCUT2D eigenvalue weighted by molar-refractivity contribution is 1.04. The molecule has 1 aromatic heterocycles. The predicted molar refractivity (Wildman–Crippen MR) is 71.0 cm³/mol. The highest BCUT2D eigenvalue weighted by Gasteiger charge is 2.07. The van der Waals surface area contributed by atoms with E-state index in [-0.39, 0.29) is 0 Å². The van der Waals surface area contributed by atoms with E-state index in [4.69, 9.17) is 16.9 Å². The van der Waals surface area contributed by atoms with E-state index >= 15 is 0 Å². The number of nitrogens with zero attached hydrogens (tertiary/aromatic N) is 3. The number of nitrogens with one attached hydrogen (secondary N) is 1. The van der Waals surface area contributed by atoms with E-state index in [9.17, 15) is 0 Å². The molecule has 0 bridgehead atoms. The van der Waals surface area contributed by atoms with Gasteiger partial charge in [-0.2, -0.15) is 5.26 Å². The summed E-state index contributed by atoms with van der Waals surface area (Å²) in [4.78, 5) is 8.37. The quantitative estimate of drug-likeness (QED) is 0.839. The fraction of sp³-hybridized carbons (Fsp3) is 0.154. The summed E-state index contributed by atoms with van der Waals surface area (Å²) >= 11 is 6.00. The molecule has 2 aromatic rings. The molecule has 0 amide bonds. The summed E-state index contributed by atoms with van der Waals surface area (Å²) in [5.74, 6) is 1.26. The molecular formula is C13H11ClN4. The lowest BCUT2D eigenvalue weighted by atomic mass is 10.2. The zero-order valence-corrected chi connectivity index (χ0v) is 10.8. The highest BCUT2D eigenvalue weighted by atomic mass is 35.5. The van der Waals surface area contributed by atoms with Gasteiger partial charge in [-0.15, -0.1) is 0 Å². The van der Waals surface area contributed by atoms with Crippen molar-refractivity contribution < 1.29 is 0 Å². The number of benzene rings is 1. The minimum Gasteiger partial charge on any atom is -0.340 e. The molecule has 18 heavy (non-hydrogen) atoms. The van der Waals surface area contributed by atoms with Crippen molar-refractivity contribution >= 4 is 23.1 Å². The van der Waals surface area contributed by atoms with Crippen LogP contribution in [0.2, 0.25) is 5.15 Å². The molecule has 1 N–H and O–H groups in total. The van der Waals surface area contributed by atoms with Gasteiger partial charge in [0.2, 0.25) is 0 Å². The van der Waals surface area contributed by atoms with Crippen LogP contribution in [0.4, 0.5) is 11.5 Å². The molecule has 0 saturated carbocycles. The van der Waals surface area contributed by atoms with Gasteiger partial charge in [-0.25, -0.2) is 9.97 Å². The molecule has 0 aliphatic heterocycles. The summed E-state index contributed by atoms with van der Waals surface area (Å²) in [5.41, 5.74) is 2.17. The molecular weight excluding hydrogens is 248 g/mol. The monoisotopic (exact) mass is 258 g/mol. The Balaban J connectivity index is 2.37. The second-order valence-electron chi connectivity index (χ2n) is 3.85. The minimum atomic E-state index is 0.432. The van der Waals surface area contributed by atoms with E-state index in [0.29, 0.717) is 22.4 Å². The summed E-state index contributed by atoms with van der Waals surface area (Å²) in [6.07, 6.45) is 0. The molecule has 1 heterocycles. The first-order chi connectivity index (χ1) is 8.60. The second-order valence-corrected chi connectivity index (χ2v) is 4.21. The van der Waals surface area contributed by atoms with Gasteiger partial charge in [0.25, 0.3) is 0 Å². The van der Waals surface area contributed by atoms with E-state index in [0.717, 1.165) is 11.3 Å². The average Bonchev–Trinajstić information content (AvgIpc) is 2.35. The standard InChI is InChI=1S/C13H11ClN4/c1-8-12(14)16-9(2)17-13(8)18-11-5-3-4-10(6-11)7-15/h3-6H,1-2H3,(H,16,17,18). The maximum Gasteiger partial charge on any atom is 0.138 e. The number of halogens is 1. The molecule has 0 saturated heterocycles. The van der Waals surface area contributed by atoms with Crippen LogP contribution in [0.5, 0.6) is 0 Å². The van der Waals surface area contributed by atoms with E-state index in [1.807, 2.05) is 19.1 Å². The fourth-order valence-corrected chi connectivity index (χ4v) is 1.73. The van der Waals surface area contributed by atoms with Crippen molar-refractivity contribution in [1.82, 2.24) is 9.97 Å². The first-order valence-corrected chi connectivity index (χ1v) is 5.76. The summed E-state index contributed by atoms with van der Waals surface area (Å²) in [6, 6.07) is 9.27. The van der Waals surface area contributed by atoms with Crippen molar-refractivity contribution in [2.45, 2.75) is 13.8 Å². The number of rotatable bonds is 2. The van der Waals surface area contributed by atoms with E-state index in [1.54, 1.807) is 19.1 Å². The molecule has 2 rings (SSSR count). The SMILES string of the molecule is Cc1nc(Cl)c(C)c(Nc2cccc(C#N)c2)n1. The third-order valence-corrected chi connectivity index (χ3v) is 2.82. The smallest absolute Gasteiger partial charge is 0.138 e. The zero-order valence-electron chi connectivity index (χ0n) is 10.0. The molecule has 0 unspecified atom stereocenters. The van der Waals surface area contributed by atoms with Gasteiger partial charge >= 0.3 is 0 Å². The Morgan fingerprint density at radius 3 is 2.78 bits per heavy atom. The van der Waals surface area contributed by atoms with Crippen molar-refractivity contribution in [3.05, 3.63) is 46.4 Å². The van der Waals surface area contributed by atoms with E-state index in [1.165, 1.54) is 0 Å². The van der Waals surface area contributed by atoms with Gasteiger partial charge in [-0.1, -0.05) is 17.7 Å². The highest BCUT2D eigenvalue weighted by Crippen LogP contribution is 2.23. The number of hydrogen-bond donors (Lipinski definition) is 1. The van der Waals surface area contributed by atoms with E-state index < -0.39 is 0 Å². The van der Waals surface area contributed by atoms with Crippen molar-refractivity contribution in [2.75, 3.05) is 5.32 Å². The fourth-order valence-electron chi connectivity index (χ4n) is 1.52. The molecule has 0 spiro atoms. The largest absolute Gasteiger partial charge is 0.340 e. The highest BCUT2D eigenvalue weighted by molar-refractivity contribution is 6.30. The van der Waals surface area contributed by atoms with Crippen LogP contribution in [-0.4, -0.2) is 9.97 Å². The first kappa shape index (κ1) is 12.3. The third-order valence-electron chi connectivity index (χ3n) is 2.45. The maximum atomic E-state index is 8.85. The first-order valence-electron chi connectivity index (χ1n) is 5.38. The number of aromatic nitrogens is 2. The Bertz CT molecular complexity index is 631. The molecule has 0 radical (unpaired) electrons. The zero-order chi connectivity index (χ0) is 13.1. The molecule has 90 valence electrons. The van der Waals surface area contributed by atoms with Crippen molar-refractivity contribution in [3.8, 4) is 6.07 Å². The van der Waals surface area contributed by atoms with Crippen molar-refractivity contribution in [3.63, 3.8) is 0 Å². The van der Waals surface area contributed by atoms with Gasteiger partial charge in [0.05, 0.1) is 11.6 Å². The number of anilines is 2. The lowest BCUT2D eigenvalue weighted by Gasteiger charge is -2.10. The van der Waals surface area contributed by atoms with Crippen LogP contribution in [0.1, 0.15) is 17.0 Å². The van der Waals surface area contributed by atoms with E-state index in [2.05, 4.69) is 21.4 Å². The number of nitriles is 1. The molecule has 0 aliphatic carbocycles. The van der Waals surface area contributed by atoms with Crippen LogP contribution in [0, 0.1) is 25.2 Å². The van der Waals surface area contributed by atoms with Gasteiger partial charge in [0, 0.05) is 11.3 Å². The number of hydrogen-bond acceptors (Lipinski definition) is 4. The van der Waals surface area contributed by atoms with Crippen LogP contribution in [0.15, 0.2) is 24.3 Å². The van der Waals surface area contributed by atoms with Crippen LogP contribution in [0.3, 0.4) is 0 Å². The molecule has 5 heteroatoms. The van der Waals surface area contributed by atoms with Crippen LogP contribution in [0.25, 0.3) is 0 Å². The van der Waals surface area contributed by atoms with Crippen LogP contribution < -0.4 is 5.32 Å². The topological polar surface area (TPSA) is 61.6 Å². The Morgan fingerprint density at radius 2 is 2.06 bits per heavy atom. The predicted octanol–water partition coefficient (Wildman–Crippen LogP) is 3.36. The van der Waals surface area contributed by atoms with Crippen LogP contribution in [-0.2, 0) is 0 Å². The average molecular weight is 259 g/mol. The van der Waals surface area contributed by atoms with Gasteiger partial charge in [-0.05, 0) is 32.0 Å². The Kier molecular flexibility index (Phi) is 3.45. The van der Waals surface area contributed by atoms with Gasteiger partial charge in [-0.3, -0.25) is 0 Å². The Hall–Kier alpha value is -2.12. The van der Waals surface area contributed by atoms with Gasteiger partial charge in [0.15, 0.2) is 0 Å².